The molecule has 18 heavy (non-hydrogen) atoms. The molecule has 0 fully saturated rings. The smallest absolute Gasteiger partial charge is 0.328 e. The second kappa shape index (κ2) is 4.74. The fourth-order valence-electron chi connectivity index (χ4n) is 1.86. The van der Waals surface area contributed by atoms with Gasteiger partial charge in [-0.2, -0.15) is 0 Å². The van der Waals surface area contributed by atoms with Crippen LogP contribution in [0.5, 0.6) is 5.75 Å². The molecule has 1 N–H and O–H groups in total. The van der Waals surface area contributed by atoms with Crippen molar-refractivity contribution < 1.29 is 14.6 Å². The molecule has 1 heterocycles. The highest BCUT2D eigenvalue weighted by molar-refractivity contribution is 6.33. The van der Waals surface area contributed by atoms with Crippen LogP contribution in [-0.2, 0) is 11.8 Å². The van der Waals surface area contributed by atoms with Crippen LogP contribution >= 0.6 is 11.6 Å². The second-order valence-corrected chi connectivity index (χ2v) is 4.18. The quantitative estimate of drug-likeness (QED) is 0.868. The summed E-state index contributed by atoms with van der Waals surface area (Å²) in [7, 11) is 3.41. The van der Waals surface area contributed by atoms with Gasteiger partial charge >= 0.3 is 5.97 Å². The summed E-state index contributed by atoms with van der Waals surface area (Å²) in [6.07, 6.45) is 2.56. The maximum Gasteiger partial charge on any atom is 0.328 e. The molecule has 1 aromatic heterocycles. The van der Waals surface area contributed by atoms with E-state index in [1.807, 2.05) is 25.2 Å². The van der Waals surface area contributed by atoms with E-state index < -0.39 is 5.97 Å². The number of carbonyl (C=O) groups is 1. The van der Waals surface area contributed by atoms with Crippen LogP contribution in [0.25, 0.3) is 17.0 Å². The number of aliphatic carboxylic acids is 1. The zero-order valence-corrected chi connectivity index (χ0v) is 10.7. The van der Waals surface area contributed by atoms with Gasteiger partial charge < -0.3 is 14.4 Å². The number of hydrogen-bond acceptors (Lipinski definition) is 2. The van der Waals surface area contributed by atoms with E-state index in [9.17, 15) is 4.79 Å². The number of aryl methyl sites for hydroxylation is 1. The number of rotatable bonds is 3. The molecular weight excluding hydrogens is 254 g/mol. The number of benzene rings is 1. The van der Waals surface area contributed by atoms with E-state index in [1.165, 1.54) is 6.08 Å². The van der Waals surface area contributed by atoms with Crippen LogP contribution in [0.2, 0.25) is 5.15 Å². The number of carboxylic acid groups (broad SMARTS) is 1. The zero-order chi connectivity index (χ0) is 13.3. The molecule has 94 valence electrons. The van der Waals surface area contributed by atoms with Crippen molar-refractivity contribution in [1.29, 1.82) is 0 Å². The minimum absolute atomic E-state index is 0.496. The van der Waals surface area contributed by atoms with E-state index in [0.717, 1.165) is 17.0 Å². The summed E-state index contributed by atoms with van der Waals surface area (Å²) in [5.41, 5.74) is 1.60. The Kier molecular flexibility index (Phi) is 3.30. The van der Waals surface area contributed by atoms with Gasteiger partial charge in [-0.25, -0.2) is 4.79 Å². The zero-order valence-electron chi connectivity index (χ0n) is 9.98. The Balaban J connectivity index is 2.70. The number of methoxy groups -OCH3 is 1. The minimum Gasteiger partial charge on any atom is -0.497 e. The summed E-state index contributed by atoms with van der Waals surface area (Å²) in [5.74, 6) is -0.305. The molecule has 0 aliphatic carbocycles. The predicted molar refractivity (Wildman–Crippen MR) is 71.2 cm³/mol. The Morgan fingerprint density at radius 3 is 2.83 bits per heavy atom. The topological polar surface area (TPSA) is 51.5 Å². The van der Waals surface area contributed by atoms with Gasteiger partial charge in [0.2, 0.25) is 0 Å². The van der Waals surface area contributed by atoms with Crippen molar-refractivity contribution in [1.82, 2.24) is 4.57 Å². The van der Waals surface area contributed by atoms with Gasteiger partial charge in [0.25, 0.3) is 0 Å². The summed E-state index contributed by atoms with van der Waals surface area (Å²) in [4.78, 5) is 10.6. The van der Waals surface area contributed by atoms with E-state index in [-0.39, 0.29) is 0 Å². The van der Waals surface area contributed by atoms with Crippen LogP contribution in [0, 0.1) is 0 Å². The third-order valence-corrected chi connectivity index (χ3v) is 3.22. The van der Waals surface area contributed by atoms with Gasteiger partial charge in [-0.05, 0) is 24.3 Å². The van der Waals surface area contributed by atoms with Crippen molar-refractivity contribution in [2.24, 2.45) is 7.05 Å². The largest absolute Gasteiger partial charge is 0.497 e. The molecule has 0 aliphatic rings. The Hall–Kier alpha value is -1.94. The number of hydrogen-bond donors (Lipinski definition) is 1. The lowest BCUT2D eigenvalue weighted by atomic mass is 10.1. The Labute approximate surface area is 109 Å². The summed E-state index contributed by atoms with van der Waals surface area (Å²) in [5, 5.41) is 10.0. The lowest BCUT2D eigenvalue weighted by Gasteiger charge is -2.00. The van der Waals surface area contributed by atoms with Crippen LogP contribution in [-0.4, -0.2) is 22.8 Å². The van der Waals surface area contributed by atoms with Crippen molar-refractivity contribution in [2.75, 3.05) is 7.11 Å². The van der Waals surface area contributed by atoms with E-state index >= 15 is 0 Å². The van der Waals surface area contributed by atoms with Crippen molar-refractivity contribution in [3.8, 4) is 5.75 Å². The standard InChI is InChI=1S/C13H12ClNO3/c1-15-11-5-3-8(18-2)7-10(11)9(13(15)14)4-6-12(16)17/h3-7H,1-2H3,(H,16,17)/b6-4+. The van der Waals surface area contributed by atoms with Crippen LogP contribution in [0.3, 0.4) is 0 Å². The van der Waals surface area contributed by atoms with Crippen molar-refractivity contribution in [3.05, 3.63) is 35.0 Å². The van der Waals surface area contributed by atoms with Gasteiger partial charge in [-0.1, -0.05) is 11.6 Å². The Morgan fingerprint density at radius 2 is 2.22 bits per heavy atom. The normalized spacial score (nSPS) is 11.3. The molecule has 0 saturated heterocycles. The number of ether oxygens (including phenoxy) is 1. The van der Waals surface area contributed by atoms with Crippen molar-refractivity contribution in [2.45, 2.75) is 0 Å². The van der Waals surface area contributed by atoms with Crippen molar-refractivity contribution >= 4 is 34.5 Å². The van der Waals surface area contributed by atoms with E-state index in [4.69, 9.17) is 21.4 Å². The van der Waals surface area contributed by atoms with E-state index in [1.54, 1.807) is 11.7 Å². The van der Waals surface area contributed by atoms with E-state index in [0.29, 0.717) is 16.5 Å². The predicted octanol–water partition coefficient (Wildman–Crippen LogP) is 2.94. The third-order valence-electron chi connectivity index (χ3n) is 2.76. The summed E-state index contributed by atoms with van der Waals surface area (Å²) in [6.45, 7) is 0. The van der Waals surface area contributed by atoms with Crippen molar-refractivity contribution in [3.63, 3.8) is 0 Å². The van der Waals surface area contributed by atoms with Gasteiger partial charge in [0.15, 0.2) is 0 Å². The molecule has 0 bridgehead atoms. The van der Waals surface area contributed by atoms with Gasteiger partial charge in [0.05, 0.1) is 7.11 Å². The second-order valence-electron chi connectivity index (χ2n) is 3.82. The number of aromatic nitrogens is 1. The fourth-order valence-corrected chi connectivity index (χ4v) is 2.12. The number of fused-ring (bicyclic) bond motifs is 1. The highest BCUT2D eigenvalue weighted by Crippen LogP contribution is 2.32. The molecule has 5 heteroatoms. The first-order valence-electron chi connectivity index (χ1n) is 5.27. The number of carboxylic acids is 1. The SMILES string of the molecule is COc1ccc2c(c1)c(/C=C/C(=O)O)c(Cl)n2C. The summed E-state index contributed by atoms with van der Waals surface area (Å²) < 4.78 is 6.96. The minimum atomic E-state index is -1.01. The molecule has 0 amide bonds. The van der Waals surface area contributed by atoms with E-state index in [2.05, 4.69) is 0 Å². The van der Waals surface area contributed by atoms with Crippen LogP contribution in [0.4, 0.5) is 0 Å². The molecule has 1 aromatic carbocycles. The number of nitrogens with zero attached hydrogens (tertiary/aromatic N) is 1. The summed E-state index contributed by atoms with van der Waals surface area (Å²) in [6, 6.07) is 5.56. The molecule has 0 atom stereocenters. The lowest BCUT2D eigenvalue weighted by molar-refractivity contribution is -0.131. The molecule has 0 spiro atoms. The first-order chi connectivity index (χ1) is 8.54. The Morgan fingerprint density at radius 1 is 1.50 bits per heavy atom. The third kappa shape index (κ3) is 2.07. The molecule has 2 aromatic rings. The molecule has 0 aliphatic heterocycles. The van der Waals surface area contributed by atoms with Gasteiger partial charge in [-0.15, -0.1) is 0 Å². The molecule has 2 rings (SSSR count). The van der Waals surface area contributed by atoms with Crippen LogP contribution in [0.15, 0.2) is 24.3 Å². The molecule has 0 radical (unpaired) electrons. The first kappa shape index (κ1) is 12.5. The lowest BCUT2D eigenvalue weighted by Crippen LogP contribution is -1.87. The average Bonchev–Trinajstić information content (AvgIpc) is 2.59. The fraction of sp³-hybridized carbons (Fsp3) is 0.154. The molecule has 0 saturated carbocycles. The van der Waals surface area contributed by atoms with Gasteiger partial charge in [-0.3, -0.25) is 0 Å². The highest BCUT2D eigenvalue weighted by atomic mass is 35.5. The average molecular weight is 266 g/mol. The van der Waals surface area contributed by atoms with Crippen LogP contribution in [0.1, 0.15) is 5.56 Å². The highest BCUT2D eigenvalue weighted by Gasteiger charge is 2.12. The molecular formula is C13H12ClNO3. The molecule has 0 unspecified atom stereocenters. The van der Waals surface area contributed by atoms with Gasteiger partial charge in [0.1, 0.15) is 10.9 Å². The molecule has 4 nitrogen and oxygen atoms in total. The maximum atomic E-state index is 10.6. The first-order valence-corrected chi connectivity index (χ1v) is 5.65. The Bertz CT molecular complexity index is 643. The maximum absolute atomic E-state index is 10.6. The van der Waals surface area contributed by atoms with Crippen LogP contribution < -0.4 is 4.74 Å². The monoisotopic (exact) mass is 265 g/mol. The summed E-state index contributed by atoms with van der Waals surface area (Å²) >= 11 is 6.19. The van der Waals surface area contributed by atoms with Gasteiger partial charge in [0, 0.05) is 29.6 Å². The number of halogens is 1.